The molecule has 34 heavy (non-hydrogen) atoms. The van der Waals surface area contributed by atoms with Crippen molar-refractivity contribution in [3.63, 3.8) is 0 Å². The molecule has 7 heteroatoms. The van der Waals surface area contributed by atoms with Gasteiger partial charge < -0.3 is 15.0 Å². The highest BCUT2D eigenvalue weighted by Crippen LogP contribution is 2.32. The molecular weight excluding hydrogens is 428 g/mol. The number of methoxy groups -OCH3 is 1. The van der Waals surface area contributed by atoms with Crippen LogP contribution in [0.25, 0.3) is 0 Å². The minimum absolute atomic E-state index is 0.103. The molecule has 4 rings (SSSR count). The highest BCUT2D eigenvalue weighted by molar-refractivity contribution is 5.99. The van der Waals surface area contributed by atoms with Crippen LogP contribution in [-0.2, 0) is 17.9 Å². The number of ether oxygens (including phenoxy) is 1. The maximum Gasteiger partial charge on any atom is 0.273 e. The fraction of sp³-hybridized carbons (Fsp3) is 0.593. The molecule has 0 unspecified atom stereocenters. The van der Waals surface area contributed by atoms with Gasteiger partial charge in [0.2, 0.25) is 5.91 Å². The SMILES string of the molecule is COc1ccccc1CN1C(=O)c2cc(C(C)C)nn2C[C@]1(C)C(=O)NC1CCCCCCC1. The van der Waals surface area contributed by atoms with Gasteiger partial charge >= 0.3 is 0 Å². The topological polar surface area (TPSA) is 76.5 Å². The molecule has 1 aromatic heterocycles. The van der Waals surface area contributed by atoms with E-state index >= 15 is 0 Å². The lowest BCUT2D eigenvalue weighted by Crippen LogP contribution is -2.64. The first kappa shape index (κ1) is 24.3. The van der Waals surface area contributed by atoms with Crippen molar-refractivity contribution in [1.29, 1.82) is 0 Å². The van der Waals surface area contributed by atoms with E-state index < -0.39 is 5.54 Å². The second kappa shape index (κ2) is 10.2. The predicted molar refractivity (Wildman–Crippen MR) is 132 cm³/mol. The van der Waals surface area contributed by atoms with Crippen LogP contribution in [0.2, 0.25) is 0 Å². The van der Waals surface area contributed by atoms with E-state index in [4.69, 9.17) is 9.84 Å². The second-order valence-corrected chi connectivity index (χ2v) is 10.3. The first-order valence-corrected chi connectivity index (χ1v) is 12.7. The van der Waals surface area contributed by atoms with Crippen molar-refractivity contribution in [3.8, 4) is 5.75 Å². The molecule has 1 aliphatic heterocycles. The Bertz CT molecular complexity index is 1020. The molecule has 1 saturated carbocycles. The largest absolute Gasteiger partial charge is 0.496 e. The van der Waals surface area contributed by atoms with E-state index in [2.05, 4.69) is 19.2 Å². The lowest BCUT2D eigenvalue weighted by molar-refractivity contribution is -0.134. The number of para-hydroxylation sites is 1. The molecule has 1 aliphatic carbocycles. The zero-order chi connectivity index (χ0) is 24.3. The van der Waals surface area contributed by atoms with Crippen LogP contribution < -0.4 is 10.1 Å². The smallest absolute Gasteiger partial charge is 0.273 e. The van der Waals surface area contributed by atoms with Gasteiger partial charge in [-0.15, -0.1) is 0 Å². The molecule has 7 nitrogen and oxygen atoms in total. The van der Waals surface area contributed by atoms with Gasteiger partial charge in [-0.05, 0) is 37.8 Å². The lowest BCUT2D eigenvalue weighted by Gasteiger charge is -2.44. The van der Waals surface area contributed by atoms with Crippen LogP contribution >= 0.6 is 0 Å². The van der Waals surface area contributed by atoms with Crippen LogP contribution in [0.4, 0.5) is 0 Å². The van der Waals surface area contributed by atoms with E-state index in [1.165, 1.54) is 19.3 Å². The van der Waals surface area contributed by atoms with Crippen molar-refractivity contribution in [1.82, 2.24) is 20.0 Å². The maximum atomic E-state index is 13.9. The third kappa shape index (κ3) is 4.84. The van der Waals surface area contributed by atoms with Gasteiger partial charge in [0, 0.05) is 11.6 Å². The Hall–Kier alpha value is -2.83. The van der Waals surface area contributed by atoms with Gasteiger partial charge in [0.05, 0.1) is 25.9 Å². The Kier molecular flexibility index (Phi) is 7.29. The predicted octanol–water partition coefficient (Wildman–Crippen LogP) is 4.66. The van der Waals surface area contributed by atoms with Crippen molar-refractivity contribution < 1.29 is 14.3 Å². The van der Waals surface area contributed by atoms with Gasteiger partial charge in [-0.3, -0.25) is 14.3 Å². The quantitative estimate of drug-likeness (QED) is 0.672. The molecule has 1 fully saturated rings. The van der Waals surface area contributed by atoms with E-state index in [1.54, 1.807) is 16.7 Å². The first-order valence-electron chi connectivity index (χ1n) is 12.7. The summed E-state index contributed by atoms with van der Waals surface area (Å²) in [5, 5.41) is 8.01. The van der Waals surface area contributed by atoms with Gasteiger partial charge in [0.1, 0.15) is 17.0 Å². The summed E-state index contributed by atoms with van der Waals surface area (Å²) in [4.78, 5) is 29.4. The minimum Gasteiger partial charge on any atom is -0.496 e. The van der Waals surface area contributed by atoms with Crippen molar-refractivity contribution in [2.45, 2.75) is 96.3 Å². The Morgan fingerprint density at radius 1 is 1.18 bits per heavy atom. The number of hydrogen-bond donors (Lipinski definition) is 1. The van der Waals surface area contributed by atoms with Crippen molar-refractivity contribution in [2.75, 3.05) is 7.11 Å². The molecule has 2 heterocycles. The first-order chi connectivity index (χ1) is 16.3. The fourth-order valence-corrected chi connectivity index (χ4v) is 5.14. The zero-order valence-electron chi connectivity index (χ0n) is 21.0. The van der Waals surface area contributed by atoms with Crippen LogP contribution in [0.15, 0.2) is 30.3 Å². The third-order valence-electron chi connectivity index (χ3n) is 7.36. The third-order valence-corrected chi connectivity index (χ3v) is 7.36. The Morgan fingerprint density at radius 3 is 2.53 bits per heavy atom. The van der Waals surface area contributed by atoms with Crippen LogP contribution in [0.3, 0.4) is 0 Å². The van der Waals surface area contributed by atoms with Crippen molar-refractivity contribution in [3.05, 3.63) is 47.3 Å². The zero-order valence-corrected chi connectivity index (χ0v) is 21.0. The fourth-order valence-electron chi connectivity index (χ4n) is 5.14. The maximum absolute atomic E-state index is 13.9. The average molecular weight is 467 g/mol. The van der Waals surface area contributed by atoms with Crippen LogP contribution in [0, 0.1) is 0 Å². The Labute approximate surface area is 202 Å². The standard InChI is InChI=1S/C27H38N4O3/c1-19(2)22-16-23-25(32)30(17-20-12-10-11-15-24(20)34-4)27(3,18-31(23)29-22)26(33)28-21-13-8-6-5-7-9-14-21/h10-12,15-16,19,21H,5-9,13-14,17-18H2,1-4H3,(H,28,33)/t27-/m1/s1. The van der Waals surface area contributed by atoms with Crippen molar-refractivity contribution >= 4 is 11.8 Å². The van der Waals surface area contributed by atoms with Crippen LogP contribution in [-0.4, -0.2) is 45.2 Å². The number of rotatable bonds is 6. The number of nitrogens with zero attached hydrogens (tertiary/aromatic N) is 3. The van der Waals surface area contributed by atoms with Crippen LogP contribution in [0.1, 0.15) is 93.4 Å². The van der Waals surface area contributed by atoms with Gasteiger partial charge in [-0.25, -0.2) is 0 Å². The van der Waals surface area contributed by atoms with E-state index in [0.717, 1.165) is 36.9 Å². The number of aromatic nitrogens is 2. The summed E-state index contributed by atoms with van der Waals surface area (Å²) in [6.07, 6.45) is 7.96. The minimum atomic E-state index is -1.06. The molecule has 1 N–H and O–H groups in total. The van der Waals surface area contributed by atoms with Crippen LogP contribution in [0.5, 0.6) is 5.75 Å². The summed E-state index contributed by atoms with van der Waals surface area (Å²) in [5.41, 5.74) is 1.22. The van der Waals surface area contributed by atoms with Gasteiger partial charge in [-0.1, -0.05) is 64.2 Å². The normalized spacial score (nSPS) is 21.7. The number of hydrogen-bond acceptors (Lipinski definition) is 4. The number of amides is 2. The summed E-state index contributed by atoms with van der Waals surface area (Å²) in [5.74, 6) is 0.629. The van der Waals surface area contributed by atoms with Gasteiger partial charge in [0.25, 0.3) is 5.91 Å². The summed E-state index contributed by atoms with van der Waals surface area (Å²) in [7, 11) is 1.63. The summed E-state index contributed by atoms with van der Waals surface area (Å²) >= 11 is 0. The molecule has 0 radical (unpaired) electrons. The molecule has 1 aromatic carbocycles. The molecule has 0 bridgehead atoms. The lowest BCUT2D eigenvalue weighted by atomic mass is 9.91. The summed E-state index contributed by atoms with van der Waals surface area (Å²) in [6, 6.07) is 9.69. The molecule has 1 atom stereocenters. The molecule has 2 aliphatic rings. The van der Waals surface area contributed by atoms with Gasteiger partial charge in [-0.2, -0.15) is 5.10 Å². The van der Waals surface area contributed by atoms with Crippen molar-refractivity contribution in [2.24, 2.45) is 0 Å². The average Bonchev–Trinajstić information content (AvgIpc) is 3.23. The number of carbonyl (C=O) groups excluding carboxylic acids is 2. The molecule has 184 valence electrons. The van der Waals surface area contributed by atoms with E-state index in [-0.39, 0.29) is 23.8 Å². The second-order valence-electron chi connectivity index (χ2n) is 10.3. The number of fused-ring (bicyclic) bond motifs is 1. The number of carbonyl (C=O) groups is 2. The molecule has 0 saturated heterocycles. The van der Waals surface area contributed by atoms with E-state index in [0.29, 0.717) is 24.5 Å². The number of nitrogens with one attached hydrogen (secondary N) is 1. The number of benzene rings is 1. The summed E-state index contributed by atoms with van der Waals surface area (Å²) in [6.45, 7) is 6.62. The van der Waals surface area contributed by atoms with E-state index in [9.17, 15) is 9.59 Å². The highest BCUT2D eigenvalue weighted by Gasteiger charge is 2.48. The Balaban J connectivity index is 1.68. The van der Waals surface area contributed by atoms with E-state index in [1.807, 2.05) is 37.3 Å². The molecular formula is C27H38N4O3. The summed E-state index contributed by atoms with van der Waals surface area (Å²) < 4.78 is 7.28. The highest BCUT2D eigenvalue weighted by atomic mass is 16.5. The van der Waals surface area contributed by atoms with Gasteiger partial charge in [0.15, 0.2) is 0 Å². The molecule has 2 aromatic rings. The Morgan fingerprint density at radius 2 is 1.85 bits per heavy atom. The monoisotopic (exact) mass is 466 g/mol. The molecule has 0 spiro atoms. The molecule has 2 amide bonds.